The zero-order chi connectivity index (χ0) is 13.6. The molecule has 0 aliphatic carbocycles. The third-order valence-electron chi connectivity index (χ3n) is 3.08. The zero-order valence-electron chi connectivity index (χ0n) is 9.63. The molecule has 3 aliphatic heterocycles. The van der Waals surface area contributed by atoms with Crippen LogP contribution in [0.15, 0.2) is 15.0 Å². The highest BCUT2D eigenvalue weighted by molar-refractivity contribution is 7.82. The molecule has 0 radical (unpaired) electrons. The maximum Gasteiger partial charge on any atom is 0.352 e. The number of nitrogens with zero attached hydrogens (tertiary/aromatic N) is 4. The zero-order valence-corrected chi connectivity index (χ0v) is 10.4. The normalized spacial score (nSPS) is 33.6. The maximum absolute atomic E-state index is 11.9. The Kier molecular flexibility index (Phi) is 2.97. The van der Waals surface area contributed by atoms with E-state index in [4.69, 9.17) is 22.1 Å². The summed E-state index contributed by atoms with van der Waals surface area (Å²) in [5, 5.41) is 18.7. The predicted molar refractivity (Wildman–Crippen MR) is 69.6 cm³/mol. The Labute approximate surface area is 113 Å². The summed E-state index contributed by atoms with van der Waals surface area (Å²) in [7, 11) is 0. The molecule has 0 unspecified atom stereocenters. The van der Waals surface area contributed by atoms with Gasteiger partial charge in [-0.3, -0.25) is 0 Å². The summed E-state index contributed by atoms with van der Waals surface area (Å²) >= 11 is 4.97. The molecule has 9 heteroatoms. The smallest absolute Gasteiger partial charge is 0.352 e. The van der Waals surface area contributed by atoms with E-state index in [9.17, 15) is 9.90 Å². The molecule has 19 heavy (non-hydrogen) atoms. The number of carbonyl (C=O) groups is 1. The summed E-state index contributed by atoms with van der Waals surface area (Å²) in [6.07, 6.45) is -0.836. The summed E-state index contributed by atoms with van der Waals surface area (Å²) in [5.74, 6) is 0.279. The van der Waals surface area contributed by atoms with Gasteiger partial charge in [0.05, 0.1) is 12.7 Å². The van der Waals surface area contributed by atoms with E-state index in [0.717, 1.165) is 0 Å². The molecular formula is C10H10N4O4S. The van der Waals surface area contributed by atoms with Crippen molar-refractivity contribution in [2.45, 2.75) is 24.9 Å². The van der Waals surface area contributed by atoms with Crippen LogP contribution in [-0.2, 0) is 4.74 Å². The Morgan fingerprint density at radius 1 is 1.58 bits per heavy atom. The van der Waals surface area contributed by atoms with Crippen LogP contribution in [0.4, 0.5) is 4.79 Å². The standard InChI is InChI=1S/C10H10N4O4S/c15-2-5-4(16)1-6(18-5)14-8-7(13-10(14)17)9(19)12-3-11-8/h3-6,15-16H,1-2H2/t4-,5+,6-/m1/s1. The molecule has 0 spiro atoms. The molecule has 0 bridgehead atoms. The van der Waals surface area contributed by atoms with Crippen LogP contribution in [0.1, 0.15) is 6.42 Å². The first kappa shape index (κ1) is 12.5. The highest BCUT2D eigenvalue weighted by Crippen LogP contribution is 2.27. The van der Waals surface area contributed by atoms with Crippen molar-refractivity contribution in [2.24, 2.45) is 15.0 Å². The summed E-state index contributed by atoms with van der Waals surface area (Å²) in [5.41, 5.74) is 0.244. The second kappa shape index (κ2) is 4.53. The average Bonchev–Trinajstić information content (AvgIpc) is 2.90. The third kappa shape index (κ3) is 1.91. The van der Waals surface area contributed by atoms with E-state index in [1.165, 1.54) is 11.2 Å². The molecule has 2 amide bonds. The van der Waals surface area contributed by atoms with Gasteiger partial charge in [0.15, 0.2) is 10.8 Å². The van der Waals surface area contributed by atoms with E-state index >= 15 is 0 Å². The second-order valence-electron chi connectivity index (χ2n) is 4.23. The molecule has 1 fully saturated rings. The van der Waals surface area contributed by atoms with Crippen LogP contribution in [0, 0.1) is 0 Å². The lowest BCUT2D eigenvalue weighted by molar-refractivity contribution is -0.0471. The molecule has 3 atom stereocenters. The van der Waals surface area contributed by atoms with Gasteiger partial charge in [-0.25, -0.2) is 19.7 Å². The van der Waals surface area contributed by atoms with Crippen LogP contribution >= 0.6 is 12.2 Å². The van der Waals surface area contributed by atoms with Gasteiger partial charge in [0.1, 0.15) is 24.4 Å². The van der Waals surface area contributed by atoms with Crippen molar-refractivity contribution in [3.05, 3.63) is 0 Å². The monoisotopic (exact) mass is 282 g/mol. The van der Waals surface area contributed by atoms with Crippen LogP contribution < -0.4 is 0 Å². The quantitative estimate of drug-likeness (QED) is 0.638. The van der Waals surface area contributed by atoms with E-state index < -0.39 is 24.5 Å². The Hall–Kier alpha value is -1.55. The molecule has 0 aromatic rings. The molecule has 3 rings (SSSR count). The van der Waals surface area contributed by atoms with Gasteiger partial charge in [0.25, 0.3) is 0 Å². The molecule has 2 N–H and O–H groups in total. The van der Waals surface area contributed by atoms with E-state index in [0.29, 0.717) is 0 Å². The summed E-state index contributed by atoms with van der Waals surface area (Å²) in [6.45, 7) is -0.320. The lowest BCUT2D eigenvalue weighted by Gasteiger charge is -2.23. The number of ether oxygens (including phenoxy) is 1. The number of aliphatic imine (C=N–C) groups is 3. The first-order chi connectivity index (χ1) is 9.11. The van der Waals surface area contributed by atoms with Gasteiger partial charge in [0.2, 0.25) is 0 Å². The number of hydrogen-bond acceptors (Lipinski definition) is 6. The number of urea groups is 1. The fourth-order valence-electron chi connectivity index (χ4n) is 2.17. The maximum atomic E-state index is 11.9. The topological polar surface area (TPSA) is 107 Å². The van der Waals surface area contributed by atoms with Crippen molar-refractivity contribution < 1.29 is 19.7 Å². The van der Waals surface area contributed by atoms with Crippen LogP contribution in [0.25, 0.3) is 0 Å². The molecule has 0 saturated carbocycles. The minimum absolute atomic E-state index is 0.183. The van der Waals surface area contributed by atoms with Crippen molar-refractivity contribution in [1.82, 2.24) is 4.90 Å². The first-order valence-electron chi connectivity index (χ1n) is 5.63. The van der Waals surface area contributed by atoms with Crippen molar-refractivity contribution >= 4 is 41.1 Å². The highest BCUT2D eigenvalue weighted by atomic mass is 32.1. The number of aliphatic hydroxyl groups excluding tert-OH is 2. The van der Waals surface area contributed by atoms with Crippen LogP contribution in [0.3, 0.4) is 0 Å². The summed E-state index contributed by atoms with van der Waals surface area (Å²) in [4.78, 5) is 24.9. The van der Waals surface area contributed by atoms with Gasteiger partial charge >= 0.3 is 6.03 Å². The van der Waals surface area contributed by atoms with Crippen LogP contribution in [0.5, 0.6) is 0 Å². The summed E-state index contributed by atoms with van der Waals surface area (Å²) < 4.78 is 5.42. The molecule has 0 aromatic heterocycles. The van der Waals surface area contributed by atoms with E-state index in [2.05, 4.69) is 15.0 Å². The van der Waals surface area contributed by atoms with Crippen molar-refractivity contribution in [3.63, 3.8) is 0 Å². The molecule has 3 heterocycles. The Morgan fingerprint density at radius 3 is 3.05 bits per heavy atom. The highest BCUT2D eigenvalue weighted by Gasteiger charge is 2.45. The van der Waals surface area contributed by atoms with Crippen LogP contribution in [-0.4, -0.2) is 69.1 Å². The number of fused-ring (bicyclic) bond motifs is 1. The number of thiocarbonyl (C=S) groups is 1. The van der Waals surface area contributed by atoms with Gasteiger partial charge in [-0.2, -0.15) is 4.99 Å². The lowest BCUT2D eigenvalue weighted by Crippen LogP contribution is -2.43. The van der Waals surface area contributed by atoms with Gasteiger partial charge in [-0.15, -0.1) is 0 Å². The molecular weight excluding hydrogens is 272 g/mol. The third-order valence-corrected chi connectivity index (χ3v) is 3.38. The summed E-state index contributed by atoms with van der Waals surface area (Å²) in [6, 6.07) is -0.558. The number of rotatable bonds is 2. The first-order valence-corrected chi connectivity index (χ1v) is 6.04. The van der Waals surface area contributed by atoms with E-state index in [1.54, 1.807) is 0 Å². The average molecular weight is 282 g/mol. The molecule has 1 saturated heterocycles. The van der Waals surface area contributed by atoms with Gasteiger partial charge in [0, 0.05) is 6.42 Å². The number of hydrogen-bond donors (Lipinski definition) is 2. The largest absolute Gasteiger partial charge is 0.394 e. The SMILES string of the molecule is O=C1N=C2C(=S)N=CN=C2N1[C@H]1C[C@@H](O)[C@H](CO)O1. The minimum Gasteiger partial charge on any atom is -0.394 e. The fourth-order valence-corrected chi connectivity index (χ4v) is 2.35. The van der Waals surface area contributed by atoms with Gasteiger partial charge in [-0.05, 0) is 0 Å². The fraction of sp³-hybridized carbons (Fsp3) is 0.500. The Balaban J connectivity index is 1.87. The predicted octanol–water partition coefficient (Wildman–Crippen LogP) is -0.901. The van der Waals surface area contributed by atoms with Crippen LogP contribution in [0.2, 0.25) is 0 Å². The number of aliphatic hydroxyl groups is 2. The van der Waals surface area contributed by atoms with E-state index in [1.807, 2.05) is 0 Å². The molecule has 8 nitrogen and oxygen atoms in total. The van der Waals surface area contributed by atoms with Gasteiger partial charge < -0.3 is 14.9 Å². The molecule has 0 aromatic carbocycles. The number of amidine groups is 1. The Bertz CT molecular complexity index is 544. The van der Waals surface area contributed by atoms with Crippen molar-refractivity contribution in [2.75, 3.05) is 6.61 Å². The lowest BCUT2D eigenvalue weighted by atomic mass is 10.2. The molecule has 3 aliphatic rings. The second-order valence-corrected chi connectivity index (χ2v) is 4.62. The molecule has 100 valence electrons. The van der Waals surface area contributed by atoms with Crippen molar-refractivity contribution in [1.29, 1.82) is 0 Å². The van der Waals surface area contributed by atoms with E-state index in [-0.39, 0.29) is 29.6 Å². The van der Waals surface area contributed by atoms with Gasteiger partial charge in [-0.1, -0.05) is 12.2 Å². The number of amides is 2. The van der Waals surface area contributed by atoms with Crippen molar-refractivity contribution in [3.8, 4) is 0 Å². The minimum atomic E-state index is -0.836. The Morgan fingerprint density at radius 2 is 2.37 bits per heavy atom. The number of carbonyl (C=O) groups excluding carboxylic acids is 1.